The van der Waals surface area contributed by atoms with Gasteiger partial charge in [-0.3, -0.25) is 0 Å². The maximum Gasteiger partial charge on any atom is 0.0169 e. The van der Waals surface area contributed by atoms with E-state index in [4.69, 9.17) is 0 Å². The molecule has 1 heterocycles. The highest BCUT2D eigenvalue weighted by molar-refractivity contribution is 4.79. The number of hydrogen-bond acceptors (Lipinski definition) is 2. The molecule has 0 aromatic heterocycles. The van der Waals surface area contributed by atoms with Crippen LogP contribution in [0.2, 0.25) is 0 Å². The molecule has 0 saturated carbocycles. The fourth-order valence-electron chi connectivity index (χ4n) is 1.70. The molecule has 1 aliphatic heterocycles. The van der Waals surface area contributed by atoms with Gasteiger partial charge >= 0.3 is 0 Å². The fraction of sp³-hybridized carbons (Fsp3) is 1.00. The lowest BCUT2D eigenvalue weighted by Crippen LogP contribution is -2.53. The summed E-state index contributed by atoms with van der Waals surface area (Å²) in [5.74, 6) is 0. The van der Waals surface area contributed by atoms with Gasteiger partial charge in [0.2, 0.25) is 0 Å². The van der Waals surface area contributed by atoms with Crippen molar-refractivity contribution in [2.24, 2.45) is 0 Å². The molecule has 60 valence electrons. The topological polar surface area (TPSA) is 15.3 Å². The normalized spacial score (nSPS) is 36.3. The van der Waals surface area contributed by atoms with Crippen molar-refractivity contribution in [3.8, 4) is 0 Å². The van der Waals surface area contributed by atoms with Crippen molar-refractivity contribution < 1.29 is 0 Å². The Balaban J connectivity index is 2.35. The van der Waals surface area contributed by atoms with Gasteiger partial charge in [-0.15, -0.1) is 0 Å². The summed E-state index contributed by atoms with van der Waals surface area (Å²) in [5, 5.41) is 3.50. The molecule has 10 heavy (non-hydrogen) atoms. The quantitative estimate of drug-likeness (QED) is 0.579. The first kappa shape index (κ1) is 8.02. The van der Waals surface area contributed by atoms with Crippen LogP contribution < -0.4 is 5.32 Å². The summed E-state index contributed by atoms with van der Waals surface area (Å²) >= 11 is 0. The predicted octanol–water partition coefficient (Wildman–Crippen LogP) is 0.689. The number of hydrogen-bond donors (Lipinski definition) is 1. The van der Waals surface area contributed by atoms with Crippen molar-refractivity contribution in [3.63, 3.8) is 0 Å². The zero-order valence-corrected chi connectivity index (χ0v) is 7.22. The highest BCUT2D eigenvalue weighted by Gasteiger charge is 2.18. The molecule has 0 spiro atoms. The first-order valence-electron chi connectivity index (χ1n) is 4.20. The maximum atomic E-state index is 3.50. The summed E-state index contributed by atoms with van der Waals surface area (Å²) < 4.78 is 0. The fourth-order valence-corrected chi connectivity index (χ4v) is 1.70. The standard InChI is InChI=1S/C8H18N2/c1-4-10-5-7(2)9-8(3)6-10/h7-9H,4-6H2,1-3H3/t7-,8-/m0/s1. The zero-order valence-electron chi connectivity index (χ0n) is 7.22. The van der Waals surface area contributed by atoms with E-state index in [0.717, 1.165) is 0 Å². The smallest absolute Gasteiger partial charge is 0.0169 e. The van der Waals surface area contributed by atoms with E-state index in [1.807, 2.05) is 0 Å². The summed E-state index contributed by atoms with van der Waals surface area (Å²) in [7, 11) is 0. The average molecular weight is 142 g/mol. The van der Waals surface area contributed by atoms with Gasteiger partial charge in [0.1, 0.15) is 0 Å². The SMILES string of the molecule is CCN1C[C@H](C)N[C@@H](C)C1. The summed E-state index contributed by atoms with van der Waals surface area (Å²) in [4.78, 5) is 2.49. The minimum atomic E-state index is 0.670. The Hall–Kier alpha value is -0.0800. The Kier molecular flexibility index (Phi) is 2.69. The van der Waals surface area contributed by atoms with Gasteiger partial charge in [0.05, 0.1) is 0 Å². The first-order valence-corrected chi connectivity index (χ1v) is 4.20. The van der Waals surface area contributed by atoms with Crippen LogP contribution in [0.25, 0.3) is 0 Å². The van der Waals surface area contributed by atoms with E-state index in [1.54, 1.807) is 0 Å². The molecule has 0 aliphatic carbocycles. The van der Waals surface area contributed by atoms with Crippen molar-refractivity contribution in [3.05, 3.63) is 0 Å². The predicted molar refractivity (Wildman–Crippen MR) is 44.2 cm³/mol. The highest BCUT2D eigenvalue weighted by Crippen LogP contribution is 2.02. The molecule has 0 unspecified atom stereocenters. The second-order valence-corrected chi connectivity index (χ2v) is 3.32. The zero-order chi connectivity index (χ0) is 7.56. The summed E-state index contributed by atoms with van der Waals surface area (Å²) in [5.41, 5.74) is 0. The third-order valence-electron chi connectivity index (χ3n) is 2.08. The van der Waals surface area contributed by atoms with Gasteiger partial charge in [0, 0.05) is 25.2 Å². The number of rotatable bonds is 1. The Bertz CT molecular complexity index is 93.4. The van der Waals surface area contributed by atoms with Crippen LogP contribution in [0, 0.1) is 0 Å². The largest absolute Gasteiger partial charge is 0.309 e. The molecule has 0 aromatic carbocycles. The van der Waals surface area contributed by atoms with Crippen molar-refractivity contribution in [1.29, 1.82) is 0 Å². The van der Waals surface area contributed by atoms with Crippen LogP contribution in [-0.2, 0) is 0 Å². The molecule has 1 aliphatic rings. The van der Waals surface area contributed by atoms with E-state index in [0.29, 0.717) is 12.1 Å². The number of likely N-dealkylation sites (N-methyl/N-ethyl adjacent to an activating group) is 1. The van der Waals surface area contributed by atoms with Gasteiger partial charge in [-0.05, 0) is 20.4 Å². The molecule has 2 nitrogen and oxygen atoms in total. The van der Waals surface area contributed by atoms with E-state index in [-0.39, 0.29) is 0 Å². The molecule has 0 aromatic rings. The van der Waals surface area contributed by atoms with E-state index < -0.39 is 0 Å². The molecule has 1 N–H and O–H groups in total. The van der Waals surface area contributed by atoms with E-state index in [9.17, 15) is 0 Å². The third kappa shape index (κ3) is 1.96. The molecule has 1 rings (SSSR count). The minimum Gasteiger partial charge on any atom is -0.309 e. The van der Waals surface area contributed by atoms with Gasteiger partial charge in [-0.1, -0.05) is 6.92 Å². The van der Waals surface area contributed by atoms with Crippen molar-refractivity contribution in [2.45, 2.75) is 32.9 Å². The molecule has 2 atom stereocenters. The van der Waals surface area contributed by atoms with Crippen LogP contribution in [0.5, 0.6) is 0 Å². The van der Waals surface area contributed by atoms with E-state index in [1.165, 1.54) is 19.6 Å². The monoisotopic (exact) mass is 142 g/mol. The first-order chi connectivity index (χ1) is 4.72. The highest BCUT2D eigenvalue weighted by atomic mass is 15.2. The third-order valence-corrected chi connectivity index (χ3v) is 2.08. The van der Waals surface area contributed by atoms with Crippen LogP contribution in [0.3, 0.4) is 0 Å². The van der Waals surface area contributed by atoms with Crippen LogP contribution in [0.15, 0.2) is 0 Å². The van der Waals surface area contributed by atoms with Crippen LogP contribution in [-0.4, -0.2) is 36.6 Å². The molecule has 0 amide bonds. The van der Waals surface area contributed by atoms with Gasteiger partial charge in [0.25, 0.3) is 0 Å². The van der Waals surface area contributed by atoms with E-state index in [2.05, 4.69) is 31.0 Å². The van der Waals surface area contributed by atoms with Crippen LogP contribution in [0.4, 0.5) is 0 Å². The van der Waals surface area contributed by atoms with Gasteiger partial charge < -0.3 is 10.2 Å². The molecule has 2 heteroatoms. The Morgan fingerprint density at radius 1 is 1.30 bits per heavy atom. The Morgan fingerprint density at radius 3 is 2.20 bits per heavy atom. The summed E-state index contributed by atoms with van der Waals surface area (Å²) in [6.45, 7) is 10.3. The molecule has 0 radical (unpaired) electrons. The van der Waals surface area contributed by atoms with Crippen LogP contribution in [0.1, 0.15) is 20.8 Å². The maximum absolute atomic E-state index is 3.50. The lowest BCUT2D eigenvalue weighted by atomic mass is 10.1. The Labute approximate surface area is 63.6 Å². The van der Waals surface area contributed by atoms with Crippen molar-refractivity contribution in [2.75, 3.05) is 19.6 Å². The van der Waals surface area contributed by atoms with Gasteiger partial charge in [-0.25, -0.2) is 0 Å². The minimum absolute atomic E-state index is 0.670. The molecule has 1 saturated heterocycles. The van der Waals surface area contributed by atoms with E-state index >= 15 is 0 Å². The second-order valence-electron chi connectivity index (χ2n) is 3.32. The van der Waals surface area contributed by atoms with Crippen molar-refractivity contribution in [1.82, 2.24) is 10.2 Å². The number of nitrogens with one attached hydrogen (secondary N) is 1. The van der Waals surface area contributed by atoms with Crippen molar-refractivity contribution >= 4 is 0 Å². The van der Waals surface area contributed by atoms with Gasteiger partial charge in [-0.2, -0.15) is 0 Å². The lowest BCUT2D eigenvalue weighted by molar-refractivity contribution is 0.181. The second kappa shape index (κ2) is 3.35. The van der Waals surface area contributed by atoms with Crippen LogP contribution >= 0.6 is 0 Å². The summed E-state index contributed by atoms with van der Waals surface area (Å²) in [6, 6.07) is 1.34. The number of piperazine rings is 1. The van der Waals surface area contributed by atoms with Gasteiger partial charge in [0.15, 0.2) is 0 Å². The molecular formula is C8H18N2. The lowest BCUT2D eigenvalue weighted by Gasteiger charge is -2.35. The average Bonchev–Trinajstić information content (AvgIpc) is 1.85. The summed E-state index contributed by atoms with van der Waals surface area (Å²) in [6.07, 6.45) is 0. The number of nitrogens with zero attached hydrogens (tertiary/aromatic N) is 1. The molecule has 0 bridgehead atoms. The molecular weight excluding hydrogens is 124 g/mol. The molecule has 1 fully saturated rings. The Morgan fingerprint density at radius 2 is 1.80 bits per heavy atom.